The third-order valence-electron chi connectivity index (χ3n) is 3.79. The van der Waals surface area contributed by atoms with Gasteiger partial charge < -0.3 is 20.1 Å². The van der Waals surface area contributed by atoms with Crippen LogP contribution in [0.25, 0.3) is 0 Å². The summed E-state index contributed by atoms with van der Waals surface area (Å²) in [5, 5.41) is 17.8. The first-order valence-corrected chi connectivity index (χ1v) is 8.32. The van der Waals surface area contributed by atoms with Crippen LogP contribution in [0.2, 0.25) is 0 Å². The molecule has 0 radical (unpaired) electrons. The van der Waals surface area contributed by atoms with E-state index in [9.17, 15) is 5.11 Å². The molecular formula is C18H27N5O2. The molecule has 1 heterocycles. The van der Waals surface area contributed by atoms with E-state index in [2.05, 4.69) is 15.4 Å². The molecule has 7 nitrogen and oxygen atoms in total. The second kappa shape index (κ2) is 9.08. The molecule has 0 saturated heterocycles. The lowest BCUT2D eigenvalue weighted by atomic mass is 10.1. The zero-order valence-electron chi connectivity index (χ0n) is 15.3. The number of aliphatic hydroxyl groups is 1. The van der Waals surface area contributed by atoms with Crippen LogP contribution in [-0.4, -0.2) is 53.0 Å². The summed E-state index contributed by atoms with van der Waals surface area (Å²) >= 11 is 0. The highest BCUT2D eigenvalue weighted by atomic mass is 16.5. The average Bonchev–Trinajstić information content (AvgIpc) is 3.03. The van der Waals surface area contributed by atoms with Crippen molar-refractivity contribution in [3.63, 3.8) is 0 Å². The van der Waals surface area contributed by atoms with Gasteiger partial charge in [0.05, 0.1) is 26.0 Å². The molecule has 1 atom stereocenters. The van der Waals surface area contributed by atoms with Crippen molar-refractivity contribution in [2.75, 3.05) is 27.2 Å². The van der Waals surface area contributed by atoms with E-state index in [-0.39, 0.29) is 6.54 Å². The van der Waals surface area contributed by atoms with Gasteiger partial charge in [0.15, 0.2) is 5.96 Å². The summed E-state index contributed by atoms with van der Waals surface area (Å²) < 4.78 is 6.91. The predicted molar refractivity (Wildman–Crippen MR) is 98.6 cm³/mol. The van der Waals surface area contributed by atoms with Crippen LogP contribution >= 0.6 is 0 Å². The fourth-order valence-corrected chi connectivity index (χ4v) is 2.48. The molecule has 136 valence electrons. The second-order valence-corrected chi connectivity index (χ2v) is 5.86. The Hall–Kier alpha value is -2.54. The Morgan fingerprint density at radius 2 is 2.12 bits per heavy atom. The van der Waals surface area contributed by atoms with Crippen molar-refractivity contribution >= 4 is 5.96 Å². The SMILES string of the molecule is CCNC(=NCC(O)c1ccc(OC)cc1)N(C)Cc1cnn(C)c1. The molecule has 2 N–H and O–H groups in total. The number of hydrogen-bond donors (Lipinski definition) is 2. The maximum absolute atomic E-state index is 10.4. The van der Waals surface area contributed by atoms with Gasteiger partial charge in [-0.15, -0.1) is 0 Å². The van der Waals surface area contributed by atoms with E-state index in [1.807, 2.05) is 62.6 Å². The summed E-state index contributed by atoms with van der Waals surface area (Å²) in [5.41, 5.74) is 1.92. The van der Waals surface area contributed by atoms with Gasteiger partial charge in [0, 0.05) is 38.9 Å². The smallest absolute Gasteiger partial charge is 0.194 e. The minimum atomic E-state index is -0.661. The molecule has 0 fully saturated rings. The number of benzene rings is 1. The van der Waals surface area contributed by atoms with Gasteiger partial charge in [-0.1, -0.05) is 12.1 Å². The highest BCUT2D eigenvalue weighted by molar-refractivity contribution is 5.79. The van der Waals surface area contributed by atoms with Gasteiger partial charge >= 0.3 is 0 Å². The number of nitrogens with one attached hydrogen (secondary N) is 1. The Morgan fingerprint density at radius 3 is 2.68 bits per heavy atom. The van der Waals surface area contributed by atoms with Crippen molar-refractivity contribution in [1.82, 2.24) is 20.0 Å². The predicted octanol–water partition coefficient (Wildman–Crippen LogP) is 1.56. The molecule has 25 heavy (non-hydrogen) atoms. The number of nitrogens with zero attached hydrogens (tertiary/aromatic N) is 4. The lowest BCUT2D eigenvalue weighted by Gasteiger charge is -2.22. The van der Waals surface area contributed by atoms with Crippen LogP contribution in [0, 0.1) is 0 Å². The fraction of sp³-hybridized carbons (Fsp3) is 0.444. The standard InChI is InChI=1S/C18H27N5O2/c1-5-19-18(22(2)12-14-10-21-23(3)13-14)20-11-17(24)15-6-8-16(25-4)9-7-15/h6-10,13,17,24H,5,11-12H2,1-4H3,(H,19,20). The zero-order valence-corrected chi connectivity index (χ0v) is 15.3. The quantitative estimate of drug-likeness (QED) is 0.588. The van der Waals surface area contributed by atoms with Gasteiger partial charge in [0.25, 0.3) is 0 Å². The van der Waals surface area contributed by atoms with E-state index in [0.717, 1.165) is 29.4 Å². The molecule has 0 saturated carbocycles. The average molecular weight is 345 g/mol. The number of aliphatic hydroxyl groups excluding tert-OH is 1. The van der Waals surface area contributed by atoms with Crippen LogP contribution in [0.1, 0.15) is 24.2 Å². The summed E-state index contributed by atoms with van der Waals surface area (Å²) in [7, 11) is 5.48. The molecule has 2 rings (SSSR count). The van der Waals surface area contributed by atoms with E-state index < -0.39 is 6.10 Å². The number of aromatic nitrogens is 2. The normalized spacial score (nSPS) is 12.8. The molecular weight excluding hydrogens is 318 g/mol. The zero-order chi connectivity index (χ0) is 18.2. The van der Waals surface area contributed by atoms with E-state index in [1.165, 1.54) is 0 Å². The van der Waals surface area contributed by atoms with Crippen molar-refractivity contribution in [1.29, 1.82) is 0 Å². The Kier molecular flexibility index (Phi) is 6.82. The topological polar surface area (TPSA) is 74.9 Å². The molecule has 0 amide bonds. The molecule has 0 spiro atoms. The number of hydrogen-bond acceptors (Lipinski definition) is 4. The Balaban J connectivity index is 2.01. The first kappa shape index (κ1) is 18.8. The van der Waals surface area contributed by atoms with Crippen LogP contribution in [0.3, 0.4) is 0 Å². The van der Waals surface area contributed by atoms with E-state index in [1.54, 1.807) is 11.8 Å². The molecule has 1 aromatic carbocycles. The number of methoxy groups -OCH3 is 1. The maximum Gasteiger partial charge on any atom is 0.194 e. The Morgan fingerprint density at radius 1 is 1.40 bits per heavy atom. The lowest BCUT2D eigenvalue weighted by Crippen LogP contribution is -2.38. The number of guanidine groups is 1. The monoisotopic (exact) mass is 345 g/mol. The number of aryl methyl sites for hydroxylation is 1. The molecule has 0 aliphatic heterocycles. The number of rotatable bonds is 7. The van der Waals surface area contributed by atoms with Gasteiger partial charge in [-0.05, 0) is 24.6 Å². The van der Waals surface area contributed by atoms with Gasteiger partial charge in [-0.25, -0.2) is 0 Å². The van der Waals surface area contributed by atoms with E-state index >= 15 is 0 Å². The molecule has 2 aromatic rings. The van der Waals surface area contributed by atoms with Crippen LogP contribution in [-0.2, 0) is 13.6 Å². The van der Waals surface area contributed by atoms with Gasteiger partial charge in [0.2, 0.25) is 0 Å². The summed E-state index contributed by atoms with van der Waals surface area (Å²) in [4.78, 5) is 6.57. The van der Waals surface area contributed by atoms with Crippen LogP contribution in [0.5, 0.6) is 5.75 Å². The molecule has 0 aliphatic carbocycles. The van der Waals surface area contributed by atoms with Crippen molar-refractivity contribution in [2.24, 2.45) is 12.0 Å². The Bertz CT molecular complexity index is 681. The molecule has 0 aliphatic rings. The minimum Gasteiger partial charge on any atom is -0.497 e. The number of ether oxygens (including phenoxy) is 1. The van der Waals surface area contributed by atoms with Crippen molar-refractivity contribution in [3.8, 4) is 5.75 Å². The highest BCUT2D eigenvalue weighted by Crippen LogP contribution is 2.17. The van der Waals surface area contributed by atoms with Gasteiger partial charge in [0.1, 0.15) is 5.75 Å². The second-order valence-electron chi connectivity index (χ2n) is 5.86. The molecule has 1 unspecified atom stereocenters. The molecule has 1 aromatic heterocycles. The van der Waals surface area contributed by atoms with Gasteiger partial charge in [-0.2, -0.15) is 5.10 Å². The summed E-state index contributed by atoms with van der Waals surface area (Å²) in [6.45, 7) is 3.76. The first-order valence-electron chi connectivity index (χ1n) is 8.32. The molecule has 7 heteroatoms. The summed E-state index contributed by atoms with van der Waals surface area (Å²) in [6.07, 6.45) is 3.16. The third-order valence-corrected chi connectivity index (χ3v) is 3.79. The lowest BCUT2D eigenvalue weighted by molar-refractivity contribution is 0.186. The largest absolute Gasteiger partial charge is 0.497 e. The van der Waals surface area contributed by atoms with E-state index in [4.69, 9.17) is 4.74 Å². The molecule has 0 bridgehead atoms. The number of aliphatic imine (C=N–C) groups is 1. The minimum absolute atomic E-state index is 0.284. The van der Waals surface area contributed by atoms with Crippen LogP contribution < -0.4 is 10.1 Å². The maximum atomic E-state index is 10.4. The van der Waals surface area contributed by atoms with E-state index in [0.29, 0.717) is 6.54 Å². The van der Waals surface area contributed by atoms with Crippen molar-refractivity contribution in [2.45, 2.75) is 19.6 Å². The fourth-order valence-electron chi connectivity index (χ4n) is 2.48. The van der Waals surface area contributed by atoms with Crippen molar-refractivity contribution in [3.05, 3.63) is 47.8 Å². The third kappa shape index (κ3) is 5.49. The van der Waals surface area contributed by atoms with Crippen molar-refractivity contribution < 1.29 is 9.84 Å². The summed E-state index contributed by atoms with van der Waals surface area (Å²) in [5.74, 6) is 1.52. The van der Waals surface area contributed by atoms with Gasteiger partial charge in [-0.3, -0.25) is 9.67 Å². The summed E-state index contributed by atoms with van der Waals surface area (Å²) in [6, 6.07) is 7.38. The van der Waals surface area contributed by atoms with Crippen LogP contribution in [0.15, 0.2) is 41.7 Å². The highest BCUT2D eigenvalue weighted by Gasteiger charge is 2.11. The Labute approximate surface area is 148 Å². The van der Waals surface area contributed by atoms with Crippen LogP contribution in [0.4, 0.5) is 0 Å². The first-order chi connectivity index (χ1) is 12.0.